The molecule has 0 aromatic heterocycles. The Morgan fingerprint density at radius 2 is 1.78 bits per heavy atom. The lowest BCUT2D eigenvalue weighted by Gasteiger charge is -2.04. The molecule has 1 atom stereocenters. The molecule has 0 aliphatic heterocycles. The van der Waals surface area contributed by atoms with Crippen LogP contribution in [0.15, 0.2) is 11.7 Å². The molecule has 0 bridgehead atoms. The predicted octanol–water partition coefficient (Wildman–Crippen LogP) is 0.600. The van der Waals surface area contributed by atoms with Gasteiger partial charge in [-0.25, -0.2) is 0 Å². The molecule has 0 saturated heterocycles. The Balaban J connectivity index is 4.02. The molecular formula is C5H10O4. The summed E-state index contributed by atoms with van der Waals surface area (Å²) >= 11 is 0. The lowest BCUT2D eigenvalue weighted by Crippen LogP contribution is -2.10. The summed E-state index contributed by atoms with van der Waals surface area (Å²) in [6, 6.07) is 0. The minimum absolute atomic E-state index is 0.246. The molecule has 0 fully saturated rings. The largest absolute Gasteiger partial charge is 0.504 e. The summed E-state index contributed by atoms with van der Waals surface area (Å²) in [5.74, 6) is -2.00. The van der Waals surface area contributed by atoms with Crippen molar-refractivity contribution in [3.63, 3.8) is 0 Å². The fourth-order valence-corrected chi connectivity index (χ4v) is 0.342. The Morgan fingerprint density at radius 3 is 1.89 bits per heavy atom. The highest BCUT2D eigenvalue weighted by atomic mass is 16.5. The van der Waals surface area contributed by atoms with Crippen LogP contribution in [0.2, 0.25) is 0 Å². The zero-order valence-electron chi connectivity index (χ0n) is 5.07. The van der Waals surface area contributed by atoms with Crippen molar-refractivity contribution in [2.45, 2.75) is 19.4 Å². The first-order valence-corrected chi connectivity index (χ1v) is 2.58. The van der Waals surface area contributed by atoms with Gasteiger partial charge in [0.15, 0.2) is 0 Å². The molecule has 0 aromatic rings. The van der Waals surface area contributed by atoms with Gasteiger partial charge in [0.1, 0.15) is 6.10 Å². The first kappa shape index (κ1) is 8.10. The fraction of sp³-hybridized carbons (Fsp3) is 0.600. The van der Waals surface area contributed by atoms with Gasteiger partial charge in [0.05, 0.1) is 0 Å². The van der Waals surface area contributed by atoms with Gasteiger partial charge in [-0.05, 0) is 6.42 Å². The average Bonchev–Trinajstić information content (AvgIpc) is 1.84. The number of aliphatic hydroxyl groups is 4. The predicted molar refractivity (Wildman–Crippen MR) is 31.2 cm³/mol. The third-order valence-corrected chi connectivity index (χ3v) is 0.931. The number of hydrogen-bond donors (Lipinski definition) is 4. The van der Waals surface area contributed by atoms with Gasteiger partial charge in [0.25, 0.3) is 0 Å². The molecule has 0 aliphatic rings. The zero-order chi connectivity index (χ0) is 7.44. The molecule has 4 N–H and O–H groups in total. The first-order chi connectivity index (χ1) is 4.09. The van der Waals surface area contributed by atoms with Crippen LogP contribution in [0.25, 0.3) is 0 Å². The van der Waals surface area contributed by atoms with E-state index in [-0.39, 0.29) is 6.42 Å². The molecule has 0 radical (unpaired) electrons. The maximum absolute atomic E-state index is 8.67. The second-order valence-electron chi connectivity index (χ2n) is 1.63. The molecule has 1 unspecified atom stereocenters. The summed E-state index contributed by atoms with van der Waals surface area (Å²) < 4.78 is 0. The molecule has 9 heavy (non-hydrogen) atoms. The van der Waals surface area contributed by atoms with E-state index in [4.69, 9.17) is 20.4 Å². The van der Waals surface area contributed by atoms with Crippen molar-refractivity contribution in [2.75, 3.05) is 0 Å². The van der Waals surface area contributed by atoms with E-state index in [2.05, 4.69) is 0 Å². The van der Waals surface area contributed by atoms with Gasteiger partial charge in [0.2, 0.25) is 5.76 Å². The second kappa shape index (κ2) is 3.19. The van der Waals surface area contributed by atoms with E-state index in [1.807, 2.05) is 0 Å². The number of rotatable bonds is 2. The fourth-order valence-electron chi connectivity index (χ4n) is 0.342. The summed E-state index contributed by atoms with van der Waals surface area (Å²) in [4.78, 5) is 0. The topological polar surface area (TPSA) is 80.9 Å². The van der Waals surface area contributed by atoms with Crippen LogP contribution in [0, 0.1) is 0 Å². The van der Waals surface area contributed by atoms with E-state index in [0.717, 1.165) is 0 Å². The van der Waals surface area contributed by atoms with Crippen LogP contribution in [0.5, 0.6) is 0 Å². The highest BCUT2D eigenvalue weighted by Crippen LogP contribution is 2.03. The third kappa shape index (κ3) is 2.23. The first-order valence-electron chi connectivity index (χ1n) is 2.58. The van der Waals surface area contributed by atoms with Crippen molar-refractivity contribution in [3.05, 3.63) is 11.7 Å². The van der Waals surface area contributed by atoms with E-state index in [1.165, 1.54) is 0 Å². The molecule has 0 aliphatic carbocycles. The van der Waals surface area contributed by atoms with Crippen LogP contribution < -0.4 is 0 Å². The van der Waals surface area contributed by atoms with E-state index in [9.17, 15) is 0 Å². The molecule has 0 aromatic carbocycles. The summed E-state index contributed by atoms with van der Waals surface area (Å²) in [5, 5.41) is 33.5. The Labute approximate surface area is 52.7 Å². The summed E-state index contributed by atoms with van der Waals surface area (Å²) in [7, 11) is 0. The van der Waals surface area contributed by atoms with E-state index in [0.29, 0.717) is 0 Å². The van der Waals surface area contributed by atoms with Gasteiger partial charge >= 0.3 is 5.95 Å². The van der Waals surface area contributed by atoms with E-state index < -0.39 is 17.8 Å². The molecule has 0 rings (SSSR count). The van der Waals surface area contributed by atoms with Crippen molar-refractivity contribution in [3.8, 4) is 0 Å². The lowest BCUT2D eigenvalue weighted by atomic mass is 10.2. The van der Waals surface area contributed by atoms with Crippen LogP contribution in [-0.4, -0.2) is 26.5 Å². The quantitative estimate of drug-likeness (QED) is 0.417. The van der Waals surface area contributed by atoms with Crippen LogP contribution >= 0.6 is 0 Å². The van der Waals surface area contributed by atoms with Crippen molar-refractivity contribution in [1.29, 1.82) is 0 Å². The summed E-state index contributed by atoms with van der Waals surface area (Å²) in [5.41, 5.74) is 0. The molecule has 4 heteroatoms. The highest BCUT2D eigenvalue weighted by molar-refractivity contribution is 4.95. The lowest BCUT2D eigenvalue weighted by molar-refractivity contribution is 0.0953. The highest BCUT2D eigenvalue weighted by Gasteiger charge is 2.11. The Bertz CT molecular complexity index is 114. The SMILES string of the molecule is CCC(O)C(O)=C(O)O. The van der Waals surface area contributed by atoms with Crippen LogP contribution in [0.1, 0.15) is 13.3 Å². The van der Waals surface area contributed by atoms with E-state index in [1.54, 1.807) is 6.92 Å². The summed E-state index contributed by atoms with van der Waals surface area (Å²) in [6.45, 7) is 1.60. The van der Waals surface area contributed by atoms with Crippen molar-refractivity contribution in [2.24, 2.45) is 0 Å². The molecule has 4 nitrogen and oxygen atoms in total. The van der Waals surface area contributed by atoms with Gasteiger partial charge in [-0.15, -0.1) is 0 Å². The Morgan fingerprint density at radius 1 is 1.33 bits per heavy atom. The van der Waals surface area contributed by atoms with Gasteiger partial charge in [0, 0.05) is 0 Å². The van der Waals surface area contributed by atoms with E-state index >= 15 is 0 Å². The van der Waals surface area contributed by atoms with Gasteiger partial charge in [-0.3, -0.25) is 0 Å². The second-order valence-corrected chi connectivity index (χ2v) is 1.63. The van der Waals surface area contributed by atoms with Crippen LogP contribution in [0.3, 0.4) is 0 Å². The Hall–Kier alpha value is -0.900. The molecule has 0 saturated carbocycles. The number of hydrogen-bond acceptors (Lipinski definition) is 4. The molecule has 54 valence electrons. The van der Waals surface area contributed by atoms with Crippen LogP contribution in [0.4, 0.5) is 0 Å². The minimum Gasteiger partial charge on any atom is -0.504 e. The molecular weight excluding hydrogens is 124 g/mol. The van der Waals surface area contributed by atoms with Crippen molar-refractivity contribution >= 4 is 0 Å². The van der Waals surface area contributed by atoms with Crippen LogP contribution in [-0.2, 0) is 0 Å². The molecule has 0 spiro atoms. The third-order valence-electron chi connectivity index (χ3n) is 0.931. The Kier molecular flexibility index (Phi) is 2.87. The molecule has 0 amide bonds. The monoisotopic (exact) mass is 134 g/mol. The average molecular weight is 134 g/mol. The molecule has 0 heterocycles. The summed E-state index contributed by atoms with van der Waals surface area (Å²) in [6.07, 6.45) is -0.925. The van der Waals surface area contributed by atoms with Crippen molar-refractivity contribution in [1.82, 2.24) is 0 Å². The van der Waals surface area contributed by atoms with Gasteiger partial charge in [-0.1, -0.05) is 6.92 Å². The van der Waals surface area contributed by atoms with Gasteiger partial charge < -0.3 is 20.4 Å². The maximum Gasteiger partial charge on any atom is 0.316 e. The van der Waals surface area contributed by atoms with Crippen molar-refractivity contribution < 1.29 is 20.4 Å². The maximum atomic E-state index is 8.67. The normalized spacial score (nSPS) is 12.7. The number of aliphatic hydroxyl groups excluding tert-OH is 3. The van der Waals surface area contributed by atoms with Gasteiger partial charge in [-0.2, -0.15) is 0 Å². The smallest absolute Gasteiger partial charge is 0.316 e. The minimum atomic E-state index is -1.22. The standard InChI is InChI=1S/C5H10O4/c1-2-3(6)4(7)5(8)9/h3,6-9H,2H2,1H3. The zero-order valence-corrected chi connectivity index (χ0v) is 5.07.